The Bertz CT molecular complexity index is 209. The van der Waals surface area contributed by atoms with Crippen molar-refractivity contribution in [2.24, 2.45) is 11.7 Å². The van der Waals surface area contributed by atoms with Crippen LogP contribution in [-0.2, 0) is 4.79 Å². The molecule has 1 rings (SSSR count). The topological polar surface area (TPSA) is 75.3 Å². The van der Waals surface area contributed by atoms with Crippen molar-refractivity contribution in [2.45, 2.75) is 51.1 Å². The zero-order valence-corrected chi connectivity index (χ0v) is 9.41. The lowest BCUT2D eigenvalue weighted by atomic mass is 9.94. The molecule has 0 heterocycles. The van der Waals surface area contributed by atoms with E-state index >= 15 is 0 Å². The van der Waals surface area contributed by atoms with Gasteiger partial charge in [0.25, 0.3) is 0 Å². The number of nitrogens with one attached hydrogen (secondary N) is 1. The second-order valence-corrected chi connectivity index (χ2v) is 4.50. The van der Waals surface area contributed by atoms with Gasteiger partial charge in [-0.1, -0.05) is 19.3 Å². The number of hydrogen-bond acceptors (Lipinski definition) is 3. The number of nitrogens with two attached hydrogens (primary N) is 1. The molecule has 0 aliphatic heterocycles. The summed E-state index contributed by atoms with van der Waals surface area (Å²) in [5, 5.41) is 11.6. The van der Waals surface area contributed by atoms with Gasteiger partial charge in [-0.3, -0.25) is 4.79 Å². The summed E-state index contributed by atoms with van der Waals surface area (Å²) in [5.74, 6) is -0.0625. The third-order valence-corrected chi connectivity index (χ3v) is 3.07. The van der Waals surface area contributed by atoms with Crippen LogP contribution in [0.4, 0.5) is 0 Å². The molecule has 0 aromatic heterocycles. The number of hydrogen-bond donors (Lipinski definition) is 3. The van der Waals surface area contributed by atoms with Crippen LogP contribution in [0, 0.1) is 5.92 Å². The maximum atomic E-state index is 11.8. The summed E-state index contributed by atoms with van der Waals surface area (Å²) >= 11 is 0. The zero-order chi connectivity index (χ0) is 11.3. The van der Waals surface area contributed by atoms with E-state index in [1.165, 1.54) is 6.42 Å². The van der Waals surface area contributed by atoms with Gasteiger partial charge in [0.2, 0.25) is 5.91 Å². The summed E-state index contributed by atoms with van der Waals surface area (Å²) in [6, 6.07) is -0.189. The van der Waals surface area contributed by atoms with Crippen molar-refractivity contribution in [3.63, 3.8) is 0 Å². The second kappa shape index (κ2) is 6.08. The first-order valence-electron chi connectivity index (χ1n) is 5.82. The Balaban J connectivity index is 2.48. The summed E-state index contributed by atoms with van der Waals surface area (Å²) in [5.41, 5.74) is 5.97. The highest BCUT2D eigenvalue weighted by atomic mass is 16.3. The van der Waals surface area contributed by atoms with Gasteiger partial charge in [-0.25, -0.2) is 0 Å². The van der Waals surface area contributed by atoms with Crippen LogP contribution < -0.4 is 11.1 Å². The highest BCUT2D eigenvalue weighted by Gasteiger charge is 2.27. The Kier molecular flexibility index (Phi) is 5.05. The molecule has 1 fully saturated rings. The Labute approximate surface area is 91.2 Å². The Morgan fingerprint density at radius 2 is 2.13 bits per heavy atom. The van der Waals surface area contributed by atoms with Crippen molar-refractivity contribution in [2.75, 3.05) is 6.61 Å². The van der Waals surface area contributed by atoms with Gasteiger partial charge in [-0.05, 0) is 19.8 Å². The molecule has 0 aromatic rings. The van der Waals surface area contributed by atoms with E-state index in [1.54, 1.807) is 6.92 Å². The van der Waals surface area contributed by atoms with Gasteiger partial charge in [-0.15, -0.1) is 0 Å². The Hall–Kier alpha value is -0.610. The monoisotopic (exact) mass is 214 g/mol. The van der Waals surface area contributed by atoms with Crippen LogP contribution in [0.5, 0.6) is 0 Å². The molecule has 15 heavy (non-hydrogen) atoms. The summed E-state index contributed by atoms with van der Waals surface area (Å²) in [4.78, 5) is 11.8. The SMILES string of the molecule is C[C@@H](CO)NC(=O)C1CCCCCC1N. The Morgan fingerprint density at radius 1 is 1.47 bits per heavy atom. The average molecular weight is 214 g/mol. The van der Waals surface area contributed by atoms with Crippen LogP contribution in [0.15, 0.2) is 0 Å². The maximum Gasteiger partial charge on any atom is 0.224 e. The average Bonchev–Trinajstić information content (AvgIpc) is 2.42. The van der Waals surface area contributed by atoms with Gasteiger partial charge in [0.15, 0.2) is 0 Å². The molecule has 3 atom stereocenters. The van der Waals surface area contributed by atoms with Crippen molar-refractivity contribution in [1.29, 1.82) is 0 Å². The predicted octanol–water partition coefficient (Wildman–Crippen LogP) is 0.391. The van der Waals surface area contributed by atoms with Crippen molar-refractivity contribution in [3.8, 4) is 0 Å². The van der Waals surface area contributed by atoms with Gasteiger partial charge >= 0.3 is 0 Å². The quantitative estimate of drug-likeness (QED) is 0.595. The standard InChI is InChI=1S/C11H22N2O2/c1-8(7-14)13-11(15)9-5-3-2-4-6-10(9)12/h8-10,14H,2-7,12H2,1H3,(H,13,15)/t8-,9?,10?/m0/s1. The fraction of sp³-hybridized carbons (Fsp3) is 0.909. The summed E-state index contributed by atoms with van der Waals surface area (Å²) < 4.78 is 0. The van der Waals surface area contributed by atoms with Crippen LogP contribution in [0.1, 0.15) is 39.0 Å². The summed E-state index contributed by atoms with van der Waals surface area (Å²) in [6.07, 6.45) is 5.20. The molecule has 1 aliphatic rings. The molecule has 0 aromatic carbocycles. The predicted molar refractivity (Wildman–Crippen MR) is 59.2 cm³/mol. The van der Waals surface area contributed by atoms with E-state index in [0.29, 0.717) is 0 Å². The van der Waals surface area contributed by atoms with E-state index in [9.17, 15) is 4.79 Å². The lowest BCUT2D eigenvalue weighted by molar-refractivity contribution is -0.126. The minimum absolute atomic E-state index is 0.00551. The molecule has 0 radical (unpaired) electrons. The molecule has 0 bridgehead atoms. The van der Waals surface area contributed by atoms with Crippen LogP contribution in [-0.4, -0.2) is 29.7 Å². The van der Waals surface area contributed by atoms with Gasteiger partial charge in [-0.2, -0.15) is 0 Å². The normalized spacial score (nSPS) is 29.3. The largest absolute Gasteiger partial charge is 0.394 e. The lowest BCUT2D eigenvalue weighted by Crippen LogP contribution is -2.45. The third-order valence-electron chi connectivity index (χ3n) is 3.07. The van der Waals surface area contributed by atoms with Gasteiger partial charge in [0, 0.05) is 12.1 Å². The molecule has 0 saturated heterocycles. The fourth-order valence-corrected chi connectivity index (χ4v) is 2.06. The molecule has 1 aliphatic carbocycles. The molecule has 2 unspecified atom stereocenters. The number of carbonyl (C=O) groups is 1. The van der Waals surface area contributed by atoms with E-state index in [-0.39, 0.29) is 30.5 Å². The third kappa shape index (κ3) is 3.80. The highest BCUT2D eigenvalue weighted by Crippen LogP contribution is 2.22. The van der Waals surface area contributed by atoms with Gasteiger partial charge in [0.05, 0.1) is 12.5 Å². The van der Waals surface area contributed by atoms with Gasteiger partial charge in [0.1, 0.15) is 0 Å². The second-order valence-electron chi connectivity index (χ2n) is 4.50. The van der Waals surface area contributed by atoms with E-state index in [4.69, 9.17) is 10.8 Å². The van der Waals surface area contributed by atoms with E-state index in [2.05, 4.69) is 5.32 Å². The maximum absolute atomic E-state index is 11.8. The first-order chi connectivity index (χ1) is 7.15. The van der Waals surface area contributed by atoms with Crippen molar-refractivity contribution in [3.05, 3.63) is 0 Å². The van der Waals surface area contributed by atoms with E-state index < -0.39 is 0 Å². The summed E-state index contributed by atoms with van der Waals surface area (Å²) in [7, 11) is 0. The van der Waals surface area contributed by atoms with Crippen molar-refractivity contribution in [1.82, 2.24) is 5.32 Å². The van der Waals surface area contributed by atoms with Crippen LogP contribution in [0.2, 0.25) is 0 Å². The number of rotatable bonds is 3. The number of aliphatic hydroxyl groups is 1. The molecule has 1 saturated carbocycles. The number of carbonyl (C=O) groups excluding carboxylic acids is 1. The molecule has 4 heteroatoms. The van der Waals surface area contributed by atoms with Gasteiger partial charge < -0.3 is 16.2 Å². The zero-order valence-electron chi connectivity index (χ0n) is 9.41. The molecule has 88 valence electrons. The number of amides is 1. The molecular weight excluding hydrogens is 192 g/mol. The molecular formula is C11H22N2O2. The van der Waals surface area contributed by atoms with Crippen molar-refractivity contribution >= 4 is 5.91 Å². The van der Waals surface area contributed by atoms with Crippen LogP contribution in [0.25, 0.3) is 0 Å². The minimum atomic E-state index is -0.173. The van der Waals surface area contributed by atoms with Crippen LogP contribution in [0.3, 0.4) is 0 Å². The van der Waals surface area contributed by atoms with E-state index in [1.807, 2.05) is 0 Å². The lowest BCUT2D eigenvalue weighted by Gasteiger charge is -2.22. The first-order valence-corrected chi connectivity index (χ1v) is 5.82. The number of aliphatic hydroxyl groups excluding tert-OH is 1. The molecule has 4 nitrogen and oxygen atoms in total. The Morgan fingerprint density at radius 3 is 2.80 bits per heavy atom. The molecule has 4 N–H and O–H groups in total. The van der Waals surface area contributed by atoms with E-state index in [0.717, 1.165) is 25.7 Å². The van der Waals surface area contributed by atoms with Crippen LogP contribution >= 0.6 is 0 Å². The first kappa shape index (κ1) is 12.5. The molecule has 0 spiro atoms. The highest BCUT2D eigenvalue weighted by molar-refractivity contribution is 5.79. The minimum Gasteiger partial charge on any atom is -0.394 e. The smallest absolute Gasteiger partial charge is 0.224 e. The molecule has 1 amide bonds. The summed E-state index contributed by atoms with van der Waals surface area (Å²) in [6.45, 7) is 1.77. The fourth-order valence-electron chi connectivity index (χ4n) is 2.06. The van der Waals surface area contributed by atoms with Crippen molar-refractivity contribution < 1.29 is 9.90 Å².